The summed E-state index contributed by atoms with van der Waals surface area (Å²) in [4.78, 5) is 6.85. The zero-order chi connectivity index (χ0) is 28.5. The van der Waals surface area contributed by atoms with Gasteiger partial charge in [-0.1, -0.05) is 111 Å². The van der Waals surface area contributed by atoms with Crippen LogP contribution in [0.4, 0.5) is 0 Å². The van der Waals surface area contributed by atoms with E-state index in [-0.39, 0.29) is 11.5 Å². The van der Waals surface area contributed by atoms with Crippen LogP contribution in [0.1, 0.15) is 26.3 Å². The topological polar surface area (TPSA) is 15.6 Å². The van der Waals surface area contributed by atoms with Gasteiger partial charge in [0.1, 0.15) is 0 Å². The molecule has 1 aliphatic heterocycles. The number of aliphatic imine (C=N–C) groups is 1. The molecule has 0 radical (unpaired) electrons. The average Bonchev–Trinajstić information content (AvgIpc) is 2.99. The molecule has 4 unspecified atom stereocenters. The number of allylic oxidation sites excluding steroid dienone is 6. The SMILES string of the molecule is C=C/C(N=C)=C(\C=C)N1CC2=c3ccccc3=C(c3ccc4ccccc4c3)C3=CC(C)C4=C(C32)C1(C)C=CC4C. The van der Waals surface area contributed by atoms with Crippen LogP contribution in [-0.4, -0.2) is 23.7 Å². The Hall–Kier alpha value is -4.43. The predicted octanol–water partition coefficient (Wildman–Crippen LogP) is 7.26. The highest BCUT2D eigenvalue weighted by Crippen LogP contribution is 2.57. The van der Waals surface area contributed by atoms with Crippen molar-refractivity contribution >= 4 is 28.6 Å². The molecule has 4 aliphatic rings. The minimum Gasteiger partial charge on any atom is -0.353 e. The maximum Gasteiger partial charge on any atom is 0.0850 e. The summed E-state index contributed by atoms with van der Waals surface area (Å²) in [6.07, 6.45) is 11.1. The number of piperidine rings is 1. The molecule has 1 saturated heterocycles. The Balaban J connectivity index is 1.60. The second kappa shape index (κ2) is 9.31. The Morgan fingerprint density at radius 1 is 0.927 bits per heavy atom. The fraction of sp³-hybridized carbons (Fsp3) is 0.205. The summed E-state index contributed by atoms with van der Waals surface area (Å²) >= 11 is 0. The summed E-state index contributed by atoms with van der Waals surface area (Å²) in [5.41, 5.74) is 10.0. The molecule has 3 aromatic rings. The van der Waals surface area contributed by atoms with Gasteiger partial charge in [-0.2, -0.15) is 0 Å². The second-order valence-electron chi connectivity index (χ2n) is 11.9. The van der Waals surface area contributed by atoms with Crippen LogP contribution in [0.5, 0.6) is 0 Å². The molecule has 0 bridgehead atoms. The standard InChI is InChI=1S/C39H36N2/c1-7-33(40-6)34(8-2)41-23-32-29-15-11-12-16-30(29)36(28-18-17-26-13-9-10-14-27(26)22-28)31-21-25(4)35-24(3)19-20-39(41,5)38(35)37(31)32/h7-22,24-25,37H,1-2,6,23H2,3-5H3/b34-33-. The van der Waals surface area contributed by atoms with Crippen LogP contribution >= 0.6 is 0 Å². The summed E-state index contributed by atoms with van der Waals surface area (Å²) in [6, 6.07) is 24.6. The summed E-state index contributed by atoms with van der Waals surface area (Å²) in [5.74, 6) is 0.923. The van der Waals surface area contributed by atoms with E-state index in [0.29, 0.717) is 11.8 Å². The van der Waals surface area contributed by atoms with Crippen molar-refractivity contribution in [3.8, 4) is 0 Å². The highest BCUT2D eigenvalue weighted by Gasteiger charge is 2.52. The lowest BCUT2D eigenvalue weighted by Gasteiger charge is -2.57. The second-order valence-corrected chi connectivity index (χ2v) is 11.9. The number of nitrogens with zero attached hydrogens (tertiary/aromatic N) is 2. The average molecular weight is 533 g/mol. The van der Waals surface area contributed by atoms with Gasteiger partial charge in [0.05, 0.1) is 16.9 Å². The Morgan fingerprint density at radius 3 is 2.39 bits per heavy atom. The molecule has 0 aromatic heterocycles. The van der Waals surface area contributed by atoms with E-state index in [0.717, 1.165) is 17.9 Å². The van der Waals surface area contributed by atoms with Crippen molar-refractivity contribution < 1.29 is 0 Å². The van der Waals surface area contributed by atoms with Crippen LogP contribution in [0.15, 0.2) is 143 Å². The molecule has 3 aliphatic carbocycles. The van der Waals surface area contributed by atoms with Crippen molar-refractivity contribution in [3.05, 3.63) is 154 Å². The van der Waals surface area contributed by atoms with Gasteiger partial charge in [0.2, 0.25) is 0 Å². The highest BCUT2D eigenvalue weighted by atomic mass is 15.2. The fourth-order valence-electron chi connectivity index (χ4n) is 8.03. The van der Waals surface area contributed by atoms with Crippen LogP contribution in [0.25, 0.3) is 21.9 Å². The molecule has 0 spiro atoms. The molecule has 1 heterocycles. The van der Waals surface area contributed by atoms with Crippen LogP contribution in [0.2, 0.25) is 0 Å². The first kappa shape index (κ1) is 25.5. The normalized spacial score (nSPS) is 26.7. The van der Waals surface area contributed by atoms with Crippen molar-refractivity contribution in [2.24, 2.45) is 22.7 Å². The maximum atomic E-state index is 4.36. The first-order valence-corrected chi connectivity index (χ1v) is 14.6. The van der Waals surface area contributed by atoms with Crippen molar-refractivity contribution in [3.63, 3.8) is 0 Å². The zero-order valence-corrected chi connectivity index (χ0v) is 24.2. The van der Waals surface area contributed by atoms with E-state index in [4.69, 9.17) is 0 Å². The molecule has 0 N–H and O–H groups in total. The number of fused-ring (bicyclic) bond motifs is 2. The molecule has 7 rings (SSSR count). The molecule has 2 nitrogen and oxygen atoms in total. The van der Waals surface area contributed by atoms with Gasteiger partial charge in [-0.25, -0.2) is 0 Å². The minimum atomic E-state index is -0.326. The van der Waals surface area contributed by atoms with Crippen LogP contribution < -0.4 is 10.4 Å². The maximum absolute atomic E-state index is 4.36. The summed E-state index contributed by atoms with van der Waals surface area (Å²) in [6.45, 7) is 20.0. The quantitative estimate of drug-likeness (QED) is 0.192. The van der Waals surface area contributed by atoms with Crippen LogP contribution in [0, 0.1) is 17.8 Å². The first-order valence-electron chi connectivity index (χ1n) is 14.6. The van der Waals surface area contributed by atoms with Crippen molar-refractivity contribution in [1.82, 2.24) is 4.90 Å². The van der Waals surface area contributed by atoms with E-state index in [1.165, 1.54) is 49.1 Å². The molecule has 1 fully saturated rings. The summed E-state index contributed by atoms with van der Waals surface area (Å²) < 4.78 is 0. The molecule has 4 atom stereocenters. The lowest BCUT2D eigenvalue weighted by Crippen LogP contribution is -2.58. The Bertz CT molecular complexity index is 1920. The minimum absolute atomic E-state index is 0.223. The smallest absolute Gasteiger partial charge is 0.0850 e. The lowest BCUT2D eigenvalue weighted by molar-refractivity contribution is 0.220. The molecule has 41 heavy (non-hydrogen) atoms. The third kappa shape index (κ3) is 3.53. The number of hydrogen-bond donors (Lipinski definition) is 0. The van der Waals surface area contributed by atoms with Crippen molar-refractivity contribution in [2.45, 2.75) is 26.3 Å². The number of benzene rings is 3. The number of rotatable bonds is 5. The van der Waals surface area contributed by atoms with Crippen LogP contribution in [0.3, 0.4) is 0 Å². The molecule has 2 heteroatoms. The van der Waals surface area contributed by atoms with E-state index in [1.54, 1.807) is 11.6 Å². The first-order chi connectivity index (χ1) is 19.9. The van der Waals surface area contributed by atoms with Gasteiger partial charge in [0, 0.05) is 12.5 Å². The van der Waals surface area contributed by atoms with Gasteiger partial charge in [0.15, 0.2) is 0 Å². The molecular weight excluding hydrogens is 496 g/mol. The van der Waals surface area contributed by atoms with E-state index < -0.39 is 0 Å². The summed E-state index contributed by atoms with van der Waals surface area (Å²) in [5, 5.41) is 5.20. The largest absolute Gasteiger partial charge is 0.353 e. The van der Waals surface area contributed by atoms with Gasteiger partial charge < -0.3 is 4.90 Å². The number of likely N-dealkylation sites (tertiary alicyclic amines) is 1. The third-order valence-corrected chi connectivity index (χ3v) is 9.79. The van der Waals surface area contributed by atoms with Gasteiger partial charge in [0.25, 0.3) is 0 Å². The van der Waals surface area contributed by atoms with Crippen LogP contribution in [-0.2, 0) is 0 Å². The molecule has 3 aromatic carbocycles. The van der Waals surface area contributed by atoms with Gasteiger partial charge >= 0.3 is 0 Å². The Morgan fingerprint density at radius 2 is 1.66 bits per heavy atom. The monoisotopic (exact) mass is 532 g/mol. The molecular formula is C39H36N2. The van der Waals surface area contributed by atoms with Crippen molar-refractivity contribution in [1.29, 1.82) is 0 Å². The molecule has 0 saturated carbocycles. The third-order valence-electron chi connectivity index (χ3n) is 9.79. The van der Waals surface area contributed by atoms with Gasteiger partial charge in [-0.05, 0) is 92.8 Å². The van der Waals surface area contributed by atoms with Gasteiger partial charge in [-0.3, -0.25) is 4.99 Å². The molecule has 202 valence electrons. The number of hydrogen-bond acceptors (Lipinski definition) is 2. The van der Waals surface area contributed by atoms with Gasteiger partial charge in [-0.15, -0.1) is 0 Å². The predicted molar refractivity (Wildman–Crippen MR) is 174 cm³/mol. The van der Waals surface area contributed by atoms with E-state index in [2.05, 4.69) is 135 Å². The molecule has 0 amide bonds. The zero-order valence-electron chi connectivity index (χ0n) is 24.2. The lowest BCUT2D eigenvalue weighted by atomic mass is 9.57. The Kier molecular flexibility index (Phi) is 5.80. The fourth-order valence-corrected chi connectivity index (χ4v) is 8.03. The summed E-state index contributed by atoms with van der Waals surface area (Å²) in [7, 11) is 0. The van der Waals surface area contributed by atoms with Crippen molar-refractivity contribution in [2.75, 3.05) is 6.54 Å². The highest BCUT2D eigenvalue weighted by molar-refractivity contribution is 5.93. The van der Waals surface area contributed by atoms with E-state index in [1.807, 2.05) is 6.08 Å². The van der Waals surface area contributed by atoms with E-state index >= 15 is 0 Å². The van der Waals surface area contributed by atoms with E-state index in [9.17, 15) is 0 Å². The Labute approximate surface area is 243 Å².